The van der Waals surface area contributed by atoms with E-state index in [0.717, 1.165) is 13.0 Å². The Bertz CT molecular complexity index is 347. The quantitative estimate of drug-likeness (QED) is 0.508. The van der Waals surface area contributed by atoms with Crippen LogP contribution >= 0.6 is 0 Å². The van der Waals surface area contributed by atoms with Crippen LogP contribution in [0.4, 0.5) is 4.39 Å². The first-order valence-corrected chi connectivity index (χ1v) is 8.70. The number of rotatable bonds is 12. The molecule has 0 aliphatic carbocycles. The molecule has 0 amide bonds. The third-order valence-electron chi connectivity index (χ3n) is 4.24. The fourth-order valence-electron chi connectivity index (χ4n) is 2.82. The third-order valence-corrected chi connectivity index (χ3v) is 4.24. The zero-order chi connectivity index (χ0) is 15.3. The highest BCUT2D eigenvalue weighted by molar-refractivity contribution is 5.16. The second-order valence-electron chi connectivity index (χ2n) is 6.20. The molecule has 0 radical (unpaired) electrons. The largest absolute Gasteiger partial charge is 0.330 e. The van der Waals surface area contributed by atoms with E-state index in [1.807, 2.05) is 12.1 Å². The Morgan fingerprint density at radius 1 is 0.905 bits per heavy atom. The minimum absolute atomic E-state index is 0.161. The Morgan fingerprint density at radius 2 is 1.48 bits per heavy atom. The van der Waals surface area contributed by atoms with E-state index in [9.17, 15) is 4.39 Å². The molecule has 0 aliphatic heterocycles. The molecule has 2 heteroatoms. The monoisotopic (exact) mass is 293 g/mol. The molecule has 0 bridgehead atoms. The number of hydrogen-bond donors (Lipinski definition) is 1. The van der Waals surface area contributed by atoms with Crippen molar-refractivity contribution in [3.05, 3.63) is 35.6 Å². The smallest absolute Gasteiger partial charge is 0.123 e. The molecular formula is C19H32FN. The Balaban J connectivity index is 2.09. The molecule has 0 saturated heterocycles. The molecule has 1 unspecified atom stereocenters. The standard InChI is InChI=1S/C19H32FN/c1-2-3-4-5-6-7-8-9-10-18(16-21)15-17-11-13-19(20)14-12-17/h11-14,18H,2-10,15-16,21H2,1H3. The van der Waals surface area contributed by atoms with Gasteiger partial charge in [0.15, 0.2) is 0 Å². The summed E-state index contributed by atoms with van der Waals surface area (Å²) in [7, 11) is 0. The highest BCUT2D eigenvalue weighted by Crippen LogP contribution is 2.17. The highest BCUT2D eigenvalue weighted by Gasteiger charge is 2.07. The lowest BCUT2D eigenvalue weighted by Crippen LogP contribution is -2.16. The number of hydrogen-bond acceptors (Lipinski definition) is 1. The maximum Gasteiger partial charge on any atom is 0.123 e. The van der Waals surface area contributed by atoms with Crippen molar-refractivity contribution in [2.75, 3.05) is 6.54 Å². The summed E-state index contributed by atoms with van der Waals surface area (Å²) in [6.07, 6.45) is 13.0. The van der Waals surface area contributed by atoms with Crippen LogP contribution in [0.5, 0.6) is 0 Å². The molecule has 0 fully saturated rings. The van der Waals surface area contributed by atoms with Crippen LogP contribution in [-0.2, 0) is 6.42 Å². The lowest BCUT2D eigenvalue weighted by molar-refractivity contribution is 0.454. The van der Waals surface area contributed by atoms with Crippen molar-refractivity contribution >= 4 is 0 Å². The van der Waals surface area contributed by atoms with Crippen molar-refractivity contribution in [3.63, 3.8) is 0 Å². The topological polar surface area (TPSA) is 26.0 Å². The van der Waals surface area contributed by atoms with Crippen LogP contribution in [0.25, 0.3) is 0 Å². The van der Waals surface area contributed by atoms with E-state index in [1.165, 1.54) is 63.4 Å². The molecule has 1 nitrogen and oxygen atoms in total. The molecule has 0 saturated carbocycles. The van der Waals surface area contributed by atoms with E-state index >= 15 is 0 Å². The van der Waals surface area contributed by atoms with Gasteiger partial charge in [-0.2, -0.15) is 0 Å². The highest BCUT2D eigenvalue weighted by atomic mass is 19.1. The van der Waals surface area contributed by atoms with E-state index in [4.69, 9.17) is 5.73 Å². The molecule has 1 atom stereocenters. The zero-order valence-electron chi connectivity index (χ0n) is 13.6. The van der Waals surface area contributed by atoms with Crippen LogP contribution < -0.4 is 5.73 Å². The molecule has 0 aliphatic rings. The summed E-state index contributed by atoms with van der Waals surface area (Å²) in [6.45, 7) is 2.99. The summed E-state index contributed by atoms with van der Waals surface area (Å²) in [4.78, 5) is 0. The van der Waals surface area contributed by atoms with Gasteiger partial charge in [0.1, 0.15) is 5.82 Å². The maximum atomic E-state index is 12.9. The summed E-state index contributed by atoms with van der Waals surface area (Å²) in [5.41, 5.74) is 7.07. The van der Waals surface area contributed by atoms with Gasteiger partial charge in [-0.25, -0.2) is 4.39 Å². The van der Waals surface area contributed by atoms with Gasteiger partial charge in [0.25, 0.3) is 0 Å². The second-order valence-corrected chi connectivity index (χ2v) is 6.20. The van der Waals surface area contributed by atoms with Gasteiger partial charge >= 0.3 is 0 Å². The van der Waals surface area contributed by atoms with Crippen LogP contribution in [0.1, 0.15) is 70.3 Å². The molecule has 0 aromatic heterocycles. The van der Waals surface area contributed by atoms with Gasteiger partial charge in [-0.3, -0.25) is 0 Å². The predicted molar refractivity (Wildman–Crippen MR) is 89.9 cm³/mol. The van der Waals surface area contributed by atoms with E-state index in [1.54, 1.807) is 12.1 Å². The Morgan fingerprint density at radius 3 is 2.05 bits per heavy atom. The lowest BCUT2D eigenvalue weighted by atomic mass is 9.93. The molecule has 120 valence electrons. The van der Waals surface area contributed by atoms with Gasteiger partial charge in [-0.15, -0.1) is 0 Å². The molecule has 2 N–H and O–H groups in total. The van der Waals surface area contributed by atoms with E-state index in [-0.39, 0.29) is 5.82 Å². The molecule has 1 aromatic rings. The van der Waals surface area contributed by atoms with Gasteiger partial charge in [0, 0.05) is 0 Å². The predicted octanol–water partition coefficient (Wildman–Crippen LogP) is 5.47. The average molecular weight is 293 g/mol. The van der Waals surface area contributed by atoms with Crippen molar-refractivity contribution in [1.29, 1.82) is 0 Å². The van der Waals surface area contributed by atoms with Gasteiger partial charge in [0.05, 0.1) is 0 Å². The molecule has 1 aromatic carbocycles. The van der Waals surface area contributed by atoms with Crippen molar-refractivity contribution < 1.29 is 4.39 Å². The maximum absolute atomic E-state index is 12.9. The van der Waals surface area contributed by atoms with Crippen LogP contribution in [0.3, 0.4) is 0 Å². The first-order valence-electron chi connectivity index (χ1n) is 8.70. The van der Waals surface area contributed by atoms with Crippen molar-refractivity contribution in [2.24, 2.45) is 11.7 Å². The normalized spacial score (nSPS) is 12.5. The first-order chi connectivity index (χ1) is 10.3. The molecule has 1 rings (SSSR count). The van der Waals surface area contributed by atoms with Gasteiger partial charge < -0.3 is 5.73 Å². The average Bonchev–Trinajstić information content (AvgIpc) is 2.50. The zero-order valence-corrected chi connectivity index (χ0v) is 13.6. The number of nitrogens with two attached hydrogens (primary N) is 1. The minimum Gasteiger partial charge on any atom is -0.330 e. The fourth-order valence-corrected chi connectivity index (χ4v) is 2.82. The lowest BCUT2D eigenvalue weighted by Gasteiger charge is -2.14. The van der Waals surface area contributed by atoms with Crippen LogP contribution in [0.15, 0.2) is 24.3 Å². The first kappa shape index (κ1) is 18.2. The van der Waals surface area contributed by atoms with Crippen LogP contribution in [0.2, 0.25) is 0 Å². The molecular weight excluding hydrogens is 261 g/mol. The Hall–Kier alpha value is -0.890. The van der Waals surface area contributed by atoms with Crippen molar-refractivity contribution in [2.45, 2.75) is 71.1 Å². The van der Waals surface area contributed by atoms with Crippen molar-refractivity contribution in [1.82, 2.24) is 0 Å². The third kappa shape index (κ3) is 8.87. The van der Waals surface area contributed by atoms with Gasteiger partial charge in [-0.05, 0) is 43.0 Å². The number of halogens is 1. The Labute approximate surface area is 130 Å². The molecule has 0 spiro atoms. The summed E-state index contributed by atoms with van der Waals surface area (Å²) < 4.78 is 12.9. The van der Waals surface area contributed by atoms with Crippen LogP contribution in [0, 0.1) is 11.7 Å². The number of unbranched alkanes of at least 4 members (excludes halogenated alkanes) is 7. The molecule has 0 heterocycles. The van der Waals surface area contributed by atoms with E-state index in [0.29, 0.717) is 5.92 Å². The van der Waals surface area contributed by atoms with E-state index in [2.05, 4.69) is 6.92 Å². The van der Waals surface area contributed by atoms with Gasteiger partial charge in [-0.1, -0.05) is 70.4 Å². The minimum atomic E-state index is -0.161. The second kappa shape index (κ2) is 11.7. The summed E-state index contributed by atoms with van der Waals surface area (Å²) in [5, 5.41) is 0. The SMILES string of the molecule is CCCCCCCCCCC(CN)Cc1ccc(F)cc1. The fraction of sp³-hybridized carbons (Fsp3) is 0.684. The summed E-state index contributed by atoms with van der Waals surface area (Å²) in [6, 6.07) is 6.84. The van der Waals surface area contributed by atoms with E-state index < -0.39 is 0 Å². The Kier molecular flexibility index (Phi) is 10.1. The van der Waals surface area contributed by atoms with Gasteiger partial charge in [0.2, 0.25) is 0 Å². The van der Waals surface area contributed by atoms with Crippen molar-refractivity contribution in [3.8, 4) is 0 Å². The number of benzene rings is 1. The molecule has 21 heavy (non-hydrogen) atoms. The summed E-state index contributed by atoms with van der Waals surface area (Å²) in [5.74, 6) is 0.377. The summed E-state index contributed by atoms with van der Waals surface area (Å²) >= 11 is 0. The van der Waals surface area contributed by atoms with Crippen LogP contribution in [-0.4, -0.2) is 6.54 Å².